The van der Waals surface area contributed by atoms with Gasteiger partial charge in [0, 0.05) is 18.7 Å². The summed E-state index contributed by atoms with van der Waals surface area (Å²) in [6.45, 7) is 6.31. The lowest BCUT2D eigenvalue weighted by Crippen LogP contribution is -2.41. The van der Waals surface area contributed by atoms with E-state index >= 15 is 0 Å². The summed E-state index contributed by atoms with van der Waals surface area (Å²) >= 11 is 0. The van der Waals surface area contributed by atoms with Crippen LogP contribution in [0.3, 0.4) is 0 Å². The molecule has 1 amide bonds. The van der Waals surface area contributed by atoms with Crippen LogP contribution in [0.5, 0.6) is 0 Å². The number of rotatable bonds is 3. The van der Waals surface area contributed by atoms with Gasteiger partial charge in [-0.2, -0.15) is 21.6 Å². The highest BCUT2D eigenvalue weighted by atomic mass is 32.2. The Morgan fingerprint density at radius 2 is 1.68 bits per heavy atom. The highest BCUT2D eigenvalue weighted by molar-refractivity contribution is 7.93. The van der Waals surface area contributed by atoms with Gasteiger partial charge >= 0.3 is 15.5 Å². The van der Waals surface area contributed by atoms with Crippen LogP contribution >= 0.6 is 0 Å². The van der Waals surface area contributed by atoms with Gasteiger partial charge in [0.15, 0.2) is 0 Å². The van der Waals surface area contributed by atoms with Crippen molar-refractivity contribution in [2.45, 2.75) is 26.3 Å². The van der Waals surface area contributed by atoms with Crippen molar-refractivity contribution in [1.82, 2.24) is 4.90 Å². The fourth-order valence-electron chi connectivity index (χ4n) is 2.51. The van der Waals surface area contributed by atoms with Gasteiger partial charge in [0.2, 0.25) is 0 Å². The second-order valence-electron chi connectivity index (χ2n) is 5.80. The molecule has 1 aliphatic rings. The van der Waals surface area contributed by atoms with Gasteiger partial charge in [-0.05, 0) is 43.5 Å². The second kappa shape index (κ2) is 6.83. The Labute approximate surface area is 144 Å². The van der Waals surface area contributed by atoms with E-state index in [0.717, 1.165) is 0 Å². The number of anilines is 1. The predicted molar refractivity (Wildman–Crippen MR) is 86.0 cm³/mol. The van der Waals surface area contributed by atoms with Crippen LogP contribution in [0.1, 0.15) is 27.0 Å². The summed E-state index contributed by atoms with van der Waals surface area (Å²) in [5, 5.41) is 0. The normalized spacial score (nSPS) is 16.0. The van der Waals surface area contributed by atoms with Crippen LogP contribution in [-0.2, 0) is 14.8 Å². The number of halogens is 3. The zero-order valence-corrected chi connectivity index (χ0v) is 14.8. The minimum absolute atomic E-state index is 0.171. The van der Waals surface area contributed by atoms with Crippen molar-refractivity contribution >= 4 is 21.6 Å². The number of nitrogens with zero attached hydrogens (tertiary/aromatic N) is 1. The van der Waals surface area contributed by atoms with Gasteiger partial charge in [-0.1, -0.05) is 0 Å². The molecule has 140 valence electrons. The van der Waals surface area contributed by atoms with E-state index in [1.165, 1.54) is 17.9 Å². The average Bonchev–Trinajstić information content (AvgIpc) is 2.54. The van der Waals surface area contributed by atoms with E-state index in [9.17, 15) is 26.4 Å². The highest BCUT2D eigenvalue weighted by Gasteiger charge is 2.46. The van der Waals surface area contributed by atoms with E-state index < -0.39 is 15.5 Å². The zero-order valence-electron chi connectivity index (χ0n) is 14.0. The molecule has 1 aromatic carbocycles. The lowest BCUT2D eigenvalue weighted by atomic mass is 9.96. The summed E-state index contributed by atoms with van der Waals surface area (Å²) in [5.41, 5.74) is -4.03. The molecule has 0 bridgehead atoms. The monoisotopic (exact) mass is 380 g/mol. The van der Waals surface area contributed by atoms with Crippen LogP contribution in [0, 0.1) is 20.8 Å². The second-order valence-corrected chi connectivity index (χ2v) is 7.48. The number of sulfonamides is 1. The van der Waals surface area contributed by atoms with Crippen molar-refractivity contribution in [3.8, 4) is 0 Å². The Hall–Kier alpha value is -1.81. The molecule has 0 spiro atoms. The average molecular weight is 380 g/mol. The molecule has 0 atom stereocenters. The van der Waals surface area contributed by atoms with Gasteiger partial charge in [0.25, 0.3) is 5.91 Å². The summed E-state index contributed by atoms with van der Waals surface area (Å²) in [6, 6.07) is 1.17. The van der Waals surface area contributed by atoms with E-state index in [0.29, 0.717) is 43.0 Å². The van der Waals surface area contributed by atoms with E-state index in [4.69, 9.17) is 4.74 Å². The van der Waals surface area contributed by atoms with E-state index in [-0.39, 0.29) is 17.2 Å². The van der Waals surface area contributed by atoms with Gasteiger partial charge in [0.05, 0.1) is 18.9 Å². The van der Waals surface area contributed by atoms with Gasteiger partial charge in [0.1, 0.15) is 0 Å². The maximum absolute atomic E-state index is 12.7. The number of alkyl halides is 3. The van der Waals surface area contributed by atoms with Crippen molar-refractivity contribution in [2.75, 3.05) is 31.0 Å². The first-order valence-electron chi connectivity index (χ1n) is 7.52. The van der Waals surface area contributed by atoms with Crippen LogP contribution in [0.4, 0.5) is 18.9 Å². The quantitative estimate of drug-likeness (QED) is 0.873. The molecular weight excluding hydrogens is 361 g/mol. The molecule has 1 aromatic rings. The molecule has 1 aliphatic heterocycles. The Bertz CT molecular complexity index is 785. The molecule has 1 fully saturated rings. The molecular formula is C15H19F3N2O4S. The van der Waals surface area contributed by atoms with Crippen molar-refractivity contribution in [3.63, 3.8) is 0 Å². The minimum Gasteiger partial charge on any atom is -0.378 e. The number of carbonyl (C=O) groups excluding carboxylic acids is 1. The Morgan fingerprint density at radius 1 is 1.12 bits per heavy atom. The standard InChI is InChI=1S/C15H19F3N2O4S/c1-9-10(2)12(14(21)20-4-6-24-7-5-20)8-13(11(9)3)19-25(22,23)15(16,17)18/h8,19H,4-7H2,1-3H3. The fraction of sp³-hybridized carbons (Fsp3) is 0.533. The Kier molecular flexibility index (Phi) is 5.33. The molecule has 0 unspecified atom stereocenters. The zero-order chi connectivity index (χ0) is 19.0. The van der Waals surface area contributed by atoms with Crippen molar-refractivity contribution in [2.24, 2.45) is 0 Å². The summed E-state index contributed by atoms with van der Waals surface area (Å²) in [6.07, 6.45) is 0. The lowest BCUT2D eigenvalue weighted by Gasteiger charge is -2.28. The molecule has 1 N–H and O–H groups in total. The third-order valence-electron chi connectivity index (χ3n) is 4.30. The topological polar surface area (TPSA) is 75.7 Å². The highest BCUT2D eigenvalue weighted by Crippen LogP contribution is 2.31. The van der Waals surface area contributed by atoms with Crippen LogP contribution in [0.25, 0.3) is 0 Å². The van der Waals surface area contributed by atoms with Crippen molar-refractivity contribution in [3.05, 3.63) is 28.3 Å². The smallest absolute Gasteiger partial charge is 0.378 e. The molecule has 1 saturated heterocycles. The number of nitrogens with one attached hydrogen (secondary N) is 1. The minimum atomic E-state index is -5.57. The number of ether oxygens (including phenoxy) is 1. The third-order valence-corrected chi connectivity index (χ3v) is 5.40. The van der Waals surface area contributed by atoms with Crippen LogP contribution in [-0.4, -0.2) is 51.0 Å². The molecule has 0 saturated carbocycles. The van der Waals surface area contributed by atoms with E-state index in [1.807, 2.05) is 0 Å². The number of morpholine rings is 1. The van der Waals surface area contributed by atoms with Crippen LogP contribution in [0.2, 0.25) is 0 Å². The lowest BCUT2D eigenvalue weighted by molar-refractivity contribution is -0.0429. The summed E-state index contributed by atoms with van der Waals surface area (Å²) in [5.74, 6) is -0.364. The van der Waals surface area contributed by atoms with Crippen molar-refractivity contribution < 1.29 is 31.1 Å². The molecule has 6 nitrogen and oxygen atoms in total. The van der Waals surface area contributed by atoms with Crippen molar-refractivity contribution in [1.29, 1.82) is 0 Å². The predicted octanol–water partition coefficient (Wildman–Crippen LogP) is 2.35. The van der Waals surface area contributed by atoms with Gasteiger partial charge in [-0.3, -0.25) is 9.52 Å². The number of benzene rings is 1. The molecule has 0 aromatic heterocycles. The molecule has 0 radical (unpaired) electrons. The first kappa shape index (κ1) is 19.5. The summed E-state index contributed by atoms with van der Waals surface area (Å²) < 4.78 is 67.5. The maximum atomic E-state index is 12.7. The number of hydrogen-bond donors (Lipinski definition) is 1. The molecule has 10 heteroatoms. The molecule has 25 heavy (non-hydrogen) atoms. The first-order valence-corrected chi connectivity index (χ1v) is 9.01. The van der Waals surface area contributed by atoms with Gasteiger partial charge in [-0.15, -0.1) is 0 Å². The molecule has 2 rings (SSSR count). The maximum Gasteiger partial charge on any atom is 0.516 e. The molecule has 1 heterocycles. The molecule has 0 aliphatic carbocycles. The van der Waals surface area contributed by atoms with E-state index in [2.05, 4.69) is 0 Å². The summed E-state index contributed by atoms with van der Waals surface area (Å²) in [4.78, 5) is 14.2. The Balaban J connectivity index is 2.46. The third kappa shape index (κ3) is 3.90. The summed E-state index contributed by atoms with van der Waals surface area (Å²) in [7, 11) is -5.57. The van der Waals surface area contributed by atoms with Gasteiger partial charge < -0.3 is 9.64 Å². The van der Waals surface area contributed by atoms with Gasteiger partial charge in [-0.25, -0.2) is 0 Å². The van der Waals surface area contributed by atoms with E-state index in [1.54, 1.807) is 18.6 Å². The Morgan fingerprint density at radius 3 is 2.20 bits per heavy atom. The SMILES string of the molecule is Cc1c(NS(=O)(=O)C(F)(F)F)cc(C(=O)N2CCOCC2)c(C)c1C. The number of hydrogen-bond acceptors (Lipinski definition) is 4. The number of carbonyl (C=O) groups is 1. The first-order chi connectivity index (χ1) is 11.5. The largest absolute Gasteiger partial charge is 0.516 e. The van der Waals surface area contributed by atoms with Crippen LogP contribution < -0.4 is 4.72 Å². The fourth-order valence-corrected chi connectivity index (χ4v) is 3.13. The number of amides is 1. The van der Waals surface area contributed by atoms with Crippen LogP contribution in [0.15, 0.2) is 6.07 Å².